The van der Waals surface area contributed by atoms with Crippen molar-refractivity contribution in [2.24, 2.45) is 0 Å². The molecule has 12 heterocycles. The van der Waals surface area contributed by atoms with Crippen LogP contribution in [0.2, 0.25) is 0 Å². The van der Waals surface area contributed by atoms with Crippen LogP contribution in [0.3, 0.4) is 0 Å². The van der Waals surface area contributed by atoms with Crippen LogP contribution in [-0.4, -0.2) is 76.8 Å². The highest BCUT2D eigenvalue weighted by Crippen LogP contribution is 2.54. The normalized spacial score (nSPS) is 15.8. The van der Waals surface area contributed by atoms with Gasteiger partial charge in [-0.25, -0.2) is 38.4 Å². The number of hydrogen-bond acceptors (Lipinski definition) is 23. The zero-order chi connectivity index (χ0) is 65.8. The number of pyridine rings is 3. The number of hydrogen-bond donors (Lipinski definition) is 0. The Kier molecular flexibility index (Phi) is 19.6. The summed E-state index contributed by atoms with van der Waals surface area (Å²) < 4.78 is 28.1. The molecule has 9 aromatic heterocycles. The van der Waals surface area contributed by atoms with Gasteiger partial charge in [-0.05, 0) is 155 Å². The molecule has 0 N–H and O–H groups in total. The van der Waals surface area contributed by atoms with E-state index < -0.39 is 11.9 Å². The zero-order valence-corrected chi connectivity index (χ0v) is 59.1. The van der Waals surface area contributed by atoms with E-state index in [1.165, 1.54) is 21.8 Å². The van der Waals surface area contributed by atoms with Crippen LogP contribution in [0.5, 0.6) is 0 Å². The summed E-state index contributed by atoms with van der Waals surface area (Å²) >= 11 is 16.7. The highest BCUT2D eigenvalue weighted by molar-refractivity contribution is 9.14. The fourth-order valence-electron chi connectivity index (χ4n) is 11.3. The molecule has 0 saturated carbocycles. The summed E-state index contributed by atoms with van der Waals surface area (Å²) in [5, 5.41) is 25.0. The minimum absolute atomic E-state index is 0.00481. The van der Waals surface area contributed by atoms with Crippen molar-refractivity contribution in [2.45, 2.75) is 55.8 Å². The molecule has 0 radical (unpaired) electrons. The van der Waals surface area contributed by atoms with Crippen LogP contribution in [-0.2, 0) is 9.47 Å². The summed E-state index contributed by atoms with van der Waals surface area (Å²) in [6.45, 7) is 5.65. The monoisotopic (exact) mass is 1510 g/mol. The maximum absolute atomic E-state index is 13.2. The predicted octanol–water partition coefficient (Wildman–Crippen LogP) is 20.5. The van der Waals surface area contributed by atoms with Gasteiger partial charge in [0.1, 0.15) is 39.3 Å². The van der Waals surface area contributed by atoms with Gasteiger partial charge >= 0.3 is 11.9 Å². The average molecular weight is 1510 g/mol. The van der Waals surface area contributed by atoms with Crippen molar-refractivity contribution >= 4 is 162 Å². The SMILES string of the molecule is CC(=O)c1nc(-c2ccc(-c3ccccc3)s2)c2nonc2c1C1CC=C(c2ccccc2)S1.CCOC(=O)c1nc(-c2ccc(-c3ccccc3)s2)c2nonc2c1C1CC=C(c2ccccc2)S1.CCOC(=O)c1nc(-c2ccc(Br)s2)c2nonc2c1C1CC=C(Br)S1. The molecule has 3 aliphatic rings. The fourth-order valence-corrected chi connectivity index (χ4v) is 19.2. The van der Waals surface area contributed by atoms with E-state index in [1.54, 1.807) is 78.7 Å². The van der Waals surface area contributed by atoms with Crippen LogP contribution >= 0.6 is 101 Å². The Bertz CT molecular complexity index is 5150. The molecule has 478 valence electrons. The third kappa shape index (κ3) is 13.4. The van der Waals surface area contributed by atoms with Crippen LogP contribution < -0.4 is 0 Å². The maximum Gasteiger partial charge on any atom is 0.357 e. The minimum atomic E-state index is -0.466. The highest BCUT2D eigenvalue weighted by atomic mass is 79.9. The van der Waals surface area contributed by atoms with E-state index in [0.717, 1.165) is 78.4 Å². The second-order valence-corrected chi connectivity index (χ2v) is 31.4. The molecule has 3 aliphatic heterocycles. The molecule has 25 heteroatoms. The maximum atomic E-state index is 13.2. The Morgan fingerprint density at radius 1 is 0.417 bits per heavy atom. The van der Waals surface area contributed by atoms with Gasteiger partial charge in [0.25, 0.3) is 0 Å². The molecule has 17 nitrogen and oxygen atoms in total. The number of esters is 2. The summed E-state index contributed by atoms with van der Waals surface area (Å²) in [4.78, 5) is 60.2. The Morgan fingerprint density at radius 2 is 0.760 bits per heavy atom. The molecule has 0 saturated heterocycles. The number of nitrogens with zero attached hydrogens (tertiary/aromatic N) is 9. The lowest BCUT2D eigenvalue weighted by atomic mass is 10.0. The number of carbonyl (C=O) groups excluding carboxylic acids is 3. The third-order valence-corrected chi connectivity index (χ3v) is 24.3. The number of Topliss-reactive ketones (excluding diaryl/α,β-unsaturated/α-hetero) is 1. The van der Waals surface area contributed by atoms with Gasteiger partial charge in [0, 0.05) is 62.7 Å². The minimum Gasteiger partial charge on any atom is -0.461 e. The molecule has 13 aromatic rings. The second-order valence-electron chi connectivity index (χ2n) is 21.6. The summed E-state index contributed by atoms with van der Waals surface area (Å²) in [6.07, 6.45) is 8.75. The van der Waals surface area contributed by atoms with Gasteiger partial charge in [-0.2, -0.15) is 0 Å². The van der Waals surface area contributed by atoms with Crippen molar-refractivity contribution < 1.29 is 37.7 Å². The van der Waals surface area contributed by atoms with E-state index in [-0.39, 0.29) is 46.1 Å². The van der Waals surface area contributed by atoms with Crippen LogP contribution in [0.1, 0.15) is 115 Å². The first kappa shape index (κ1) is 64.8. The number of allylic oxidation sites excluding steroid dienone is 3. The molecule has 0 fully saturated rings. The lowest BCUT2D eigenvalue weighted by molar-refractivity contribution is 0.0509. The van der Waals surface area contributed by atoms with E-state index in [2.05, 4.69) is 147 Å². The van der Waals surface area contributed by atoms with Crippen molar-refractivity contribution in [3.05, 3.63) is 228 Å². The molecule has 3 atom stereocenters. The Balaban J connectivity index is 0.000000125. The lowest BCUT2D eigenvalue weighted by Gasteiger charge is -2.15. The topological polar surface area (TPSA) is 225 Å². The first-order valence-electron chi connectivity index (χ1n) is 30.3. The number of halogens is 2. The number of benzene rings is 4. The molecule has 0 amide bonds. The fraction of sp³-hybridized carbons (Fsp3) is 0.155. The first-order valence-corrected chi connectivity index (χ1v) is 36.9. The molecule has 3 unspecified atom stereocenters. The smallest absolute Gasteiger partial charge is 0.357 e. The number of thioether (sulfide) groups is 3. The molecule has 4 aromatic carbocycles. The van der Waals surface area contributed by atoms with E-state index in [0.29, 0.717) is 67.0 Å². The molecular formula is C71H51Br2N9O8S6. The van der Waals surface area contributed by atoms with Crippen LogP contribution in [0.25, 0.3) is 95.5 Å². The van der Waals surface area contributed by atoms with Gasteiger partial charge < -0.3 is 9.47 Å². The van der Waals surface area contributed by atoms with Crippen molar-refractivity contribution in [3.8, 4) is 52.6 Å². The largest absolute Gasteiger partial charge is 0.461 e. The number of thiophene rings is 3. The Morgan fingerprint density at radius 3 is 1.14 bits per heavy atom. The molecule has 0 bridgehead atoms. The predicted molar refractivity (Wildman–Crippen MR) is 390 cm³/mol. The summed E-state index contributed by atoms with van der Waals surface area (Å²) in [7, 11) is 0. The quantitative estimate of drug-likeness (QED) is 0.0687. The van der Waals surface area contributed by atoms with E-state index in [4.69, 9.17) is 33.3 Å². The summed E-state index contributed by atoms with van der Waals surface area (Å²) in [5.41, 5.74) is 13.0. The number of ether oxygens (including phenoxy) is 2. The second kappa shape index (κ2) is 29.0. The molecule has 96 heavy (non-hydrogen) atoms. The average Bonchev–Trinajstić information content (AvgIpc) is 1.54. The lowest BCUT2D eigenvalue weighted by Crippen LogP contribution is -2.13. The first-order chi connectivity index (χ1) is 47.0. The van der Waals surface area contributed by atoms with Crippen molar-refractivity contribution in [3.63, 3.8) is 0 Å². The summed E-state index contributed by atoms with van der Waals surface area (Å²) in [5.74, 6) is -1.02. The number of rotatable bonds is 15. The Hall–Kier alpha value is -8.53. The van der Waals surface area contributed by atoms with Gasteiger partial charge in [0.15, 0.2) is 33.7 Å². The van der Waals surface area contributed by atoms with Gasteiger partial charge in [-0.15, -0.1) is 69.3 Å². The van der Waals surface area contributed by atoms with Crippen LogP contribution in [0.4, 0.5) is 0 Å². The molecule has 16 rings (SSSR count). The molecule has 0 spiro atoms. The Labute approximate surface area is 590 Å². The summed E-state index contributed by atoms with van der Waals surface area (Å²) in [6, 6.07) is 52.8. The zero-order valence-electron chi connectivity index (χ0n) is 51.0. The molecular weight excluding hydrogens is 1460 g/mol. The van der Waals surface area contributed by atoms with Crippen molar-refractivity contribution in [1.29, 1.82) is 0 Å². The number of ketones is 1. The number of aromatic nitrogens is 9. The van der Waals surface area contributed by atoms with Crippen LogP contribution in [0.15, 0.2) is 197 Å². The number of carbonyl (C=O) groups is 3. The van der Waals surface area contributed by atoms with Crippen molar-refractivity contribution in [1.82, 2.24) is 45.9 Å². The van der Waals surface area contributed by atoms with E-state index >= 15 is 0 Å². The molecule has 0 aliphatic carbocycles. The van der Waals surface area contributed by atoms with Gasteiger partial charge in [-0.1, -0.05) is 140 Å². The highest BCUT2D eigenvalue weighted by Gasteiger charge is 2.36. The van der Waals surface area contributed by atoms with Gasteiger partial charge in [-0.3, -0.25) is 4.79 Å². The standard InChI is InChI=1S/C28H21N3O3S2.C27H19N3O2S2.C16H11Br2N3O3S2/c1-2-33-28(32)26-23(21-15-13-19(35-21)17-9-5-3-6-10-17)25-27(31-34-30-25)24(29-26)22-16-14-20(36-22)18-11-7-4-8-12-18;1-16(31)24-23(21-14-12-19(33-21)17-8-4-2-5-9-17)26-27(30-32-29-26)25(28-24)22-15-13-20(34-22)18-10-6-3-7-11-18;1-2-23-16(22)14-11(7-3-5-9(17)25-7)13-15(21-24-20-13)12(19-14)8-4-6-10(18)26-8/h3-14,16,21H,2,15H2,1H3;2-13,15,21H,14H2,1H3;4-7H,2-3H2,1H3. The third-order valence-electron chi connectivity index (χ3n) is 15.6. The van der Waals surface area contributed by atoms with E-state index in [9.17, 15) is 14.4 Å². The van der Waals surface area contributed by atoms with Gasteiger partial charge in [0.05, 0.1) is 31.6 Å². The van der Waals surface area contributed by atoms with Crippen LogP contribution in [0, 0.1) is 0 Å². The van der Waals surface area contributed by atoms with Crippen molar-refractivity contribution in [2.75, 3.05) is 13.2 Å². The van der Waals surface area contributed by atoms with E-state index in [1.807, 2.05) is 97.1 Å². The number of fused-ring (bicyclic) bond motifs is 3. The van der Waals surface area contributed by atoms with Gasteiger partial charge in [0.2, 0.25) is 0 Å².